The summed E-state index contributed by atoms with van der Waals surface area (Å²) >= 11 is 0. The molecule has 0 radical (unpaired) electrons. The Labute approximate surface area is 102 Å². The van der Waals surface area contributed by atoms with Crippen LogP contribution in [0.4, 0.5) is 0 Å². The maximum absolute atomic E-state index is 10.2. The summed E-state index contributed by atoms with van der Waals surface area (Å²) in [5.74, 6) is 0. The molecule has 0 saturated heterocycles. The summed E-state index contributed by atoms with van der Waals surface area (Å²) in [5.41, 5.74) is 3.68. The van der Waals surface area contributed by atoms with Gasteiger partial charge in [-0.25, -0.2) is 0 Å². The molecule has 6 heteroatoms. The van der Waals surface area contributed by atoms with Crippen molar-refractivity contribution in [1.29, 1.82) is 0 Å². The maximum Gasteiger partial charge on any atom is 0.347 e. The molecule has 3 nitrogen and oxygen atoms in total. The van der Waals surface area contributed by atoms with Crippen LogP contribution < -0.4 is 0 Å². The van der Waals surface area contributed by atoms with Gasteiger partial charge >= 0.3 is 8.56 Å². The predicted octanol–water partition coefficient (Wildman–Crippen LogP) is 2.48. The number of hydrogen-bond acceptors (Lipinski definition) is 3. The third kappa shape index (κ3) is 6.56. The Kier molecular flexibility index (Phi) is 5.57. The summed E-state index contributed by atoms with van der Waals surface area (Å²) < 4.78 is 11.5. The first kappa shape index (κ1) is 16.0. The lowest BCUT2D eigenvalue weighted by Crippen LogP contribution is -2.51. The predicted molar refractivity (Wildman–Crippen MR) is 76.2 cm³/mol. The van der Waals surface area contributed by atoms with Crippen molar-refractivity contribution >= 4 is 25.2 Å². The van der Waals surface area contributed by atoms with Crippen LogP contribution in [0.1, 0.15) is 0 Å². The number of hydrogen-bond donors (Lipinski definition) is 1. The van der Waals surface area contributed by atoms with Crippen molar-refractivity contribution in [2.75, 3.05) is 6.23 Å². The normalized spacial score (nSPS) is 16.6. The smallest absolute Gasteiger partial charge is 0.347 e. The maximum atomic E-state index is 10.2. The van der Waals surface area contributed by atoms with E-state index in [4.69, 9.17) is 8.54 Å². The third-order valence-corrected chi connectivity index (χ3v) is 9.86. The Morgan fingerprint density at radius 3 is 1.81 bits per heavy atom. The average molecular weight is 277 g/mol. The second-order valence-electron chi connectivity index (χ2n) is 5.18. The molecule has 0 aromatic heterocycles. The van der Waals surface area contributed by atoms with Crippen molar-refractivity contribution in [2.24, 2.45) is 0 Å². The van der Waals surface area contributed by atoms with E-state index in [-0.39, 0.29) is 0 Å². The lowest BCUT2D eigenvalue weighted by Gasteiger charge is -2.31. The van der Waals surface area contributed by atoms with E-state index in [0.29, 0.717) is 6.23 Å². The lowest BCUT2D eigenvalue weighted by atomic mass is 11.3. The van der Waals surface area contributed by atoms with Crippen LogP contribution in [0.25, 0.3) is 0 Å². The van der Waals surface area contributed by atoms with Gasteiger partial charge < -0.3 is 13.3 Å². The Hall–Kier alpha value is 0.0106. The van der Waals surface area contributed by atoms with Gasteiger partial charge in [0, 0.05) is 0 Å². The van der Waals surface area contributed by atoms with Crippen LogP contribution in [0.15, 0.2) is 24.6 Å². The Morgan fingerprint density at radius 2 is 1.44 bits per heavy atom. The van der Waals surface area contributed by atoms with Crippen molar-refractivity contribution in [3.63, 3.8) is 0 Å². The highest BCUT2D eigenvalue weighted by Gasteiger charge is 2.36. The minimum atomic E-state index is -2.73. The van der Waals surface area contributed by atoms with Gasteiger partial charge in [0.1, 0.15) is 0 Å². The van der Waals surface area contributed by atoms with Crippen molar-refractivity contribution in [3.8, 4) is 0 Å². The Morgan fingerprint density at radius 1 is 1.00 bits per heavy atom. The zero-order valence-corrected chi connectivity index (χ0v) is 14.0. The number of rotatable bonds is 7. The molecule has 0 bridgehead atoms. The van der Waals surface area contributed by atoms with Gasteiger partial charge in [0.25, 0.3) is 0 Å². The largest absolute Gasteiger partial charge is 0.431 e. The van der Waals surface area contributed by atoms with Crippen molar-refractivity contribution < 1.29 is 13.3 Å². The van der Waals surface area contributed by atoms with Gasteiger partial charge in [-0.2, -0.15) is 0 Å². The van der Waals surface area contributed by atoms with Crippen LogP contribution in [-0.4, -0.2) is 36.2 Å². The van der Waals surface area contributed by atoms with Crippen LogP contribution in [0.3, 0.4) is 0 Å². The van der Waals surface area contributed by atoms with Gasteiger partial charge in [-0.05, 0) is 32.7 Å². The van der Waals surface area contributed by atoms with Gasteiger partial charge in [-0.1, -0.05) is 11.4 Å². The second-order valence-corrected chi connectivity index (χ2v) is 16.2. The molecule has 0 aliphatic heterocycles. The van der Waals surface area contributed by atoms with Gasteiger partial charge in [0.05, 0.1) is 6.23 Å². The zero-order valence-electron chi connectivity index (χ0n) is 11.0. The third-order valence-electron chi connectivity index (χ3n) is 2.18. The van der Waals surface area contributed by atoms with E-state index in [1.54, 1.807) is 6.55 Å². The molecule has 0 rings (SSSR count). The van der Waals surface area contributed by atoms with E-state index in [1.165, 1.54) is 0 Å². The molecule has 0 heterocycles. The average Bonchev–Trinajstić information content (AvgIpc) is 2.14. The van der Waals surface area contributed by atoms with Crippen LogP contribution in [0.5, 0.6) is 0 Å². The van der Waals surface area contributed by atoms with E-state index in [2.05, 4.69) is 13.2 Å². The summed E-state index contributed by atoms with van der Waals surface area (Å²) in [7, 11) is -6.49. The van der Waals surface area contributed by atoms with E-state index >= 15 is 0 Å². The summed E-state index contributed by atoms with van der Waals surface area (Å²) in [6, 6.07) is 0. The molecule has 1 atom stereocenters. The summed E-state index contributed by atoms with van der Waals surface area (Å²) in [6.45, 7) is 17.4. The highest BCUT2D eigenvalue weighted by Crippen LogP contribution is 2.15. The summed E-state index contributed by atoms with van der Waals surface area (Å²) in [6.07, 6.45) is 0.308. The van der Waals surface area contributed by atoms with Crippen molar-refractivity contribution in [2.45, 2.75) is 32.7 Å². The van der Waals surface area contributed by atoms with Crippen LogP contribution in [0, 0.1) is 0 Å². The molecule has 0 aromatic rings. The van der Waals surface area contributed by atoms with E-state index in [9.17, 15) is 4.80 Å². The molecular formula is C10H24O3Si3. The van der Waals surface area contributed by atoms with Crippen LogP contribution in [-0.2, 0) is 8.54 Å². The second kappa shape index (κ2) is 5.56. The minimum absolute atomic E-state index is 0.308. The molecule has 1 N–H and O–H groups in total. The minimum Gasteiger partial charge on any atom is -0.431 e. The zero-order chi connectivity index (χ0) is 13.0. The Balaban J connectivity index is 4.36. The highest BCUT2D eigenvalue weighted by molar-refractivity contribution is 6.85. The fourth-order valence-corrected chi connectivity index (χ4v) is 8.80. The summed E-state index contributed by atoms with van der Waals surface area (Å²) in [4.78, 5) is 10.2. The molecule has 1 unspecified atom stereocenters. The Bertz CT molecular complexity index is 262. The van der Waals surface area contributed by atoms with Gasteiger partial charge in [-0.15, -0.1) is 13.2 Å². The topological polar surface area (TPSA) is 38.7 Å². The van der Waals surface area contributed by atoms with Gasteiger partial charge in [0.15, 0.2) is 8.32 Å². The fraction of sp³-hybridized carbons (Fsp3) is 0.600. The first-order valence-corrected chi connectivity index (χ1v) is 13.9. The molecule has 0 saturated carbocycles. The molecule has 94 valence electrons. The molecule has 16 heavy (non-hydrogen) atoms. The quantitative estimate of drug-likeness (QED) is 0.726. The van der Waals surface area contributed by atoms with E-state index in [1.807, 2.05) is 37.6 Å². The molecule has 0 spiro atoms. The first-order chi connectivity index (χ1) is 7.04. The molecular weight excluding hydrogens is 252 g/mol. The summed E-state index contributed by atoms with van der Waals surface area (Å²) in [5, 5.41) is 0. The highest BCUT2D eigenvalue weighted by atomic mass is 28.4. The molecule has 0 fully saturated rings. The molecule has 0 aliphatic carbocycles. The SMILES string of the molecule is C=C[Si](C)(C)OC[Si](C)(O)O[Si](C)(C)C=C. The van der Waals surface area contributed by atoms with Crippen LogP contribution in [0.2, 0.25) is 32.7 Å². The fourth-order valence-electron chi connectivity index (χ4n) is 1.02. The van der Waals surface area contributed by atoms with Crippen molar-refractivity contribution in [3.05, 3.63) is 24.6 Å². The van der Waals surface area contributed by atoms with Crippen molar-refractivity contribution in [1.82, 2.24) is 0 Å². The van der Waals surface area contributed by atoms with Gasteiger partial charge in [-0.3, -0.25) is 0 Å². The molecule has 0 aromatic carbocycles. The van der Waals surface area contributed by atoms with Crippen LogP contribution >= 0.6 is 0 Å². The molecule has 0 amide bonds. The van der Waals surface area contributed by atoms with E-state index < -0.39 is 25.2 Å². The van der Waals surface area contributed by atoms with E-state index in [0.717, 1.165) is 0 Å². The van der Waals surface area contributed by atoms with Gasteiger partial charge in [0.2, 0.25) is 8.32 Å². The first-order valence-electron chi connectivity index (χ1n) is 5.37. The monoisotopic (exact) mass is 276 g/mol. The molecule has 0 aliphatic rings. The standard InChI is InChI=1S/C10H24O3Si3/c1-8-14(3,4)12-10-16(7,11)13-15(5,6)9-2/h8-9,11H,1-2,10H2,3-7H3. The lowest BCUT2D eigenvalue weighted by molar-refractivity contribution is 0.287.